The Morgan fingerprint density at radius 2 is 2.10 bits per heavy atom. The first-order valence-corrected chi connectivity index (χ1v) is 6.91. The van der Waals surface area contributed by atoms with E-state index >= 15 is 0 Å². The third kappa shape index (κ3) is 3.04. The average Bonchev–Trinajstić information content (AvgIpc) is 2.94. The van der Waals surface area contributed by atoms with Crippen molar-refractivity contribution in [3.63, 3.8) is 0 Å². The molecule has 0 spiro atoms. The van der Waals surface area contributed by atoms with Gasteiger partial charge >= 0.3 is 0 Å². The third-order valence-electron chi connectivity index (χ3n) is 3.78. The van der Waals surface area contributed by atoms with E-state index in [1.807, 2.05) is 4.90 Å². The lowest BCUT2D eigenvalue weighted by Crippen LogP contribution is -2.29. The maximum Gasteiger partial charge on any atom is 0.254 e. The van der Waals surface area contributed by atoms with Gasteiger partial charge in [-0.25, -0.2) is 0 Å². The van der Waals surface area contributed by atoms with Crippen LogP contribution >= 0.6 is 0 Å². The number of carbonyl (C=O) groups is 1. The van der Waals surface area contributed by atoms with Gasteiger partial charge in [0.25, 0.3) is 5.91 Å². The predicted octanol–water partition coefficient (Wildman–Crippen LogP) is 1.51. The zero-order valence-electron chi connectivity index (χ0n) is 12.1. The number of ether oxygens (including phenoxy) is 2. The largest absolute Gasteiger partial charge is 0.493 e. The number of rotatable bonds is 5. The minimum atomic E-state index is 0.0467. The van der Waals surface area contributed by atoms with Gasteiger partial charge < -0.3 is 20.1 Å². The smallest absolute Gasteiger partial charge is 0.254 e. The van der Waals surface area contributed by atoms with Crippen molar-refractivity contribution >= 4 is 5.91 Å². The molecule has 0 saturated carbocycles. The van der Waals surface area contributed by atoms with Gasteiger partial charge in [-0.3, -0.25) is 4.79 Å². The van der Waals surface area contributed by atoms with E-state index < -0.39 is 0 Å². The molecule has 20 heavy (non-hydrogen) atoms. The number of amides is 1. The zero-order valence-corrected chi connectivity index (χ0v) is 12.1. The van der Waals surface area contributed by atoms with E-state index in [1.165, 1.54) is 0 Å². The summed E-state index contributed by atoms with van der Waals surface area (Å²) in [5.41, 5.74) is 6.21. The van der Waals surface area contributed by atoms with Crippen LogP contribution in [0, 0.1) is 5.92 Å². The van der Waals surface area contributed by atoms with Crippen LogP contribution < -0.4 is 15.2 Å². The molecule has 1 aliphatic rings. The Bertz CT molecular complexity index is 476. The second-order valence-electron chi connectivity index (χ2n) is 5.05. The Labute approximate surface area is 119 Å². The number of benzene rings is 1. The quantitative estimate of drug-likeness (QED) is 0.887. The van der Waals surface area contributed by atoms with Gasteiger partial charge in [0.2, 0.25) is 0 Å². The van der Waals surface area contributed by atoms with E-state index in [9.17, 15) is 4.79 Å². The molecule has 1 heterocycles. The third-order valence-corrected chi connectivity index (χ3v) is 3.78. The molecule has 5 nitrogen and oxygen atoms in total. The summed E-state index contributed by atoms with van der Waals surface area (Å²) in [7, 11) is 3.15. The molecule has 2 rings (SSSR count). The van der Waals surface area contributed by atoms with Crippen molar-refractivity contribution < 1.29 is 14.3 Å². The molecule has 0 aromatic heterocycles. The van der Waals surface area contributed by atoms with E-state index in [2.05, 4.69) is 0 Å². The van der Waals surface area contributed by atoms with Gasteiger partial charge in [0.15, 0.2) is 11.5 Å². The van der Waals surface area contributed by atoms with Gasteiger partial charge in [0, 0.05) is 18.7 Å². The molecular formula is C15H22N2O3. The van der Waals surface area contributed by atoms with Crippen molar-refractivity contribution in [1.29, 1.82) is 0 Å². The van der Waals surface area contributed by atoms with Crippen molar-refractivity contribution in [2.45, 2.75) is 12.8 Å². The standard InChI is InChI=1S/C15H22N2O3/c1-19-13-4-3-12(9-14(13)20-2)15(18)17-8-6-11(10-17)5-7-16/h3-4,9,11H,5-8,10,16H2,1-2H3. The average molecular weight is 278 g/mol. The van der Waals surface area contributed by atoms with Gasteiger partial charge in [-0.05, 0) is 43.5 Å². The van der Waals surface area contributed by atoms with Crippen LogP contribution in [0.4, 0.5) is 0 Å². The van der Waals surface area contributed by atoms with Crippen molar-refractivity contribution in [2.24, 2.45) is 11.7 Å². The van der Waals surface area contributed by atoms with E-state index in [-0.39, 0.29) is 5.91 Å². The summed E-state index contributed by atoms with van der Waals surface area (Å²) in [6.45, 7) is 2.28. The normalized spacial score (nSPS) is 18.1. The zero-order chi connectivity index (χ0) is 14.5. The highest BCUT2D eigenvalue weighted by Gasteiger charge is 2.26. The van der Waals surface area contributed by atoms with Crippen LogP contribution in [0.25, 0.3) is 0 Å². The second kappa shape index (κ2) is 6.61. The van der Waals surface area contributed by atoms with Gasteiger partial charge in [0.1, 0.15) is 0 Å². The monoisotopic (exact) mass is 278 g/mol. The Balaban J connectivity index is 2.10. The Morgan fingerprint density at radius 3 is 2.75 bits per heavy atom. The highest BCUT2D eigenvalue weighted by Crippen LogP contribution is 2.29. The highest BCUT2D eigenvalue weighted by molar-refractivity contribution is 5.95. The molecule has 1 aliphatic heterocycles. The molecule has 1 unspecified atom stereocenters. The first-order valence-electron chi connectivity index (χ1n) is 6.91. The van der Waals surface area contributed by atoms with Crippen molar-refractivity contribution in [3.8, 4) is 11.5 Å². The maximum atomic E-state index is 12.5. The fraction of sp³-hybridized carbons (Fsp3) is 0.533. The number of methoxy groups -OCH3 is 2. The minimum absolute atomic E-state index is 0.0467. The summed E-state index contributed by atoms with van der Waals surface area (Å²) in [5.74, 6) is 1.79. The number of hydrogen-bond donors (Lipinski definition) is 1. The summed E-state index contributed by atoms with van der Waals surface area (Å²) >= 11 is 0. The highest BCUT2D eigenvalue weighted by atomic mass is 16.5. The molecule has 5 heteroatoms. The lowest BCUT2D eigenvalue weighted by atomic mass is 10.1. The first-order chi connectivity index (χ1) is 9.69. The minimum Gasteiger partial charge on any atom is -0.493 e. The van der Waals surface area contributed by atoms with Crippen LogP contribution in [0.3, 0.4) is 0 Å². The Kier molecular flexibility index (Phi) is 4.84. The molecule has 110 valence electrons. The van der Waals surface area contributed by atoms with Gasteiger partial charge in [0.05, 0.1) is 14.2 Å². The molecule has 1 fully saturated rings. The van der Waals surface area contributed by atoms with Crippen molar-refractivity contribution in [2.75, 3.05) is 33.9 Å². The number of carbonyl (C=O) groups excluding carboxylic acids is 1. The van der Waals surface area contributed by atoms with Gasteiger partial charge in [-0.1, -0.05) is 0 Å². The fourth-order valence-electron chi connectivity index (χ4n) is 2.64. The summed E-state index contributed by atoms with van der Waals surface area (Å²) in [6.07, 6.45) is 2.02. The molecule has 1 aromatic rings. The Morgan fingerprint density at radius 1 is 1.35 bits per heavy atom. The van der Waals surface area contributed by atoms with E-state index in [1.54, 1.807) is 32.4 Å². The Hall–Kier alpha value is -1.75. The van der Waals surface area contributed by atoms with Crippen molar-refractivity contribution in [3.05, 3.63) is 23.8 Å². The fourth-order valence-corrected chi connectivity index (χ4v) is 2.64. The van der Waals surface area contributed by atoms with Crippen LogP contribution in [0.1, 0.15) is 23.2 Å². The SMILES string of the molecule is COc1ccc(C(=O)N2CCC(CCN)C2)cc1OC. The lowest BCUT2D eigenvalue weighted by Gasteiger charge is -2.17. The summed E-state index contributed by atoms with van der Waals surface area (Å²) in [5, 5.41) is 0. The first kappa shape index (κ1) is 14.7. The predicted molar refractivity (Wildman–Crippen MR) is 77.2 cm³/mol. The van der Waals surface area contributed by atoms with E-state index in [0.717, 1.165) is 25.9 Å². The number of nitrogens with two attached hydrogens (primary N) is 1. The molecule has 1 amide bonds. The van der Waals surface area contributed by atoms with Crippen LogP contribution in [0.2, 0.25) is 0 Å². The van der Waals surface area contributed by atoms with Gasteiger partial charge in [-0.15, -0.1) is 0 Å². The van der Waals surface area contributed by atoms with E-state index in [4.69, 9.17) is 15.2 Å². The molecular weight excluding hydrogens is 256 g/mol. The molecule has 1 atom stereocenters. The summed E-state index contributed by atoms with van der Waals surface area (Å²) in [4.78, 5) is 14.4. The number of nitrogens with zero attached hydrogens (tertiary/aromatic N) is 1. The van der Waals surface area contributed by atoms with Gasteiger partial charge in [-0.2, -0.15) is 0 Å². The molecule has 0 radical (unpaired) electrons. The number of likely N-dealkylation sites (tertiary alicyclic amines) is 1. The van der Waals surface area contributed by atoms with Crippen LogP contribution in [0.5, 0.6) is 11.5 Å². The topological polar surface area (TPSA) is 64.8 Å². The maximum absolute atomic E-state index is 12.5. The second-order valence-corrected chi connectivity index (χ2v) is 5.05. The lowest BCUT2D eigenvalue weighted by molar-refractivity contribution is 0.0786. The van der Waals surface area contributed by atoms with Crippen LogP contribution in [0.15, 0.2) is 18.2 Å². The summed E-state index contributed by atoms with van der Waals surface area (Å²) in [6, 6.07) is 5.27. The number of hydrogen-bond acceptors (Lipinski definition) is 4. The molecule has 1 aromatic carbocycles. The van der Waals surface area contributed by atoms with E-state index in [0.29, 0.717) is 29.5 Å². The van der Waals surface area contributed by atoms with Crippen LogP contribution in [-0.2, 0) is 0 Å². The molecule has 0 bridgehead atoms. The van der Waals surface area contributed by atoms with Crippen LogP contribution in [-0.4, -0.2) is 44.7 Å². The molecule has 0 aliphatic carbocycles. The molecule has 1 saturated heterocycles. The molecule has 2 N–H and O–H groups in total. The van der Waals surface area contributed by atoms with Crippen molar-refractivity contribution in [1.82, 2.24) is 4.90 Å². The summed E-state index contributed by atoms with van der Waals surface area (Å²) < 4.78 is 10.4.